The molecule has 2 aromatic rings. The van der Waals surface area contributed by atoms with Gasteiger partial charge < -0.3 is 5.32 Å². The van der Waals surface area contributed by atoms with Gasteiger partial charge in [0, 0.05) is 8.59 Å². The first-order valence-corrected chi connectivity index (χ1v) is 7.90. The fourth-order valence-electron chi connectivity index (χ4n) is 1.94. The average Bonchev–Trinajstić information content (AvgIpc) is 2.38. The van der Waals surface area contributed by atoms with Gasteiger partial charge in [-0.25, -0.2) is 0 Å². The second-order valence-corrected chi connectivity index (χ2v) is 6.37. The zero-order chi connectivity index (χ0) is 13.8. The first kappa shape index (κ1) is 14.9. The van der Waals surface area contributed by atoms with Crippen LogP contribution in [0.5, 0.6) is 0 Å². The molecule has 0 heterocycles. The molecule has 0 aromatic heterocycles. The van der Waals surface area contributed by atoms with Gasteiger partial charge in [-0.05, 0) is 64.9 Å². The molecule has 1 unspecified atom stereocenters. The number of hydrogen-bond acceptors (Lipinski definition) is 1. The third kappa shape index (κ3) is 4.01. The summed E-state index contributed by atoms with van der Waals surface area (Å²) in [7, 11) is 0. The maximum absolute atomic E-state index is 6.26. The molecule has 2 rings (SSSR count). The molecule has 19 heavy (non-hydrogen) atoms. The van der Waals surface area contributed by atoms with Gasteiger partial charge in [0.1, 0.15) is 0 Å². The highest BCUT2D eigenvalue weighted by atomic mass is 127. The zero-order valence-electron chi connectivity index (χ0n) is 10.5. The van der Waals surface area contributed by atoms with Gasteiger partial charge in [0.25, 0.3) is 0 Å². The first-order chi connectivity index (χ1) is 9.10. The zero-order valence-corrected chi connectivity index (χ0v) is 14.1. The van der Waals surface area contributed by atoms with Crippen molar-refractivity contribution in [2.75, 3.05) is 5.32 Å². The Hall–Kier alpha value is -0.450. The molecule has 2 aromatic carbocycles. The summed E-state index contributed by atoms with van der Waals surface area (Å²) in [5, 5.41) is 4.97. The van der Waals surface area contributed by atoms with E-state index in [9.17, 15) is 0 Å². The Morgan fingerprint density at radius 3 is 2.58 bits per heavy atom. The van der Waals surface area contributed by atoms with Crippen molar-refractivity contribution < 1.29 is 0 Å². The van der Waals surface area contributed by atoms with Crippen molar-refractivity contribution in [3.63, 3.8) is 0 Å². The number of benzene rings is 2. The van der Waals surface area contributed by atoms with Crippen LogP contribution in [0, 0.1) is 3.57 Å². The minimum atomic E-state index is 0.205. The summed E-state index contributed by atoms with van der Waals surface area (Å²) < 4.78 is 1.13. The van der Waals surface area contributed by atoms with Gasteiger partial charge in [-0.15, -0.1) is 0 Å². The Bertz CT molecular complexity index is 572. The lowest BCUT2D eigenvalue weighted by molar-refractivity contribution is 0.749. The minimum Gasteiger partial charge on any atom is -0.377 e. The molecule has 0 aliphatic rings. The van der Waals surface area contributed by atoms with Crippen LogP contribution in [0.3, 0.4) is 0 Å². The fraction of sp³-hybridized carbons (Fsp3) is 0.200. The lowest BCUT2D eigenvalue weighted by Gasteiger charge is -2.20. The van der Waals surface area contributed by atoms with Crippen molar-refractivity contribution in [3.8, 4) is 0 Å². The average molecular weight is 406 g/mol. The van der Waals surface area contributed by atoms with E-state index in [0.717, 1.165) is 25.7 Å². The van der Waals surface area contributed by atoms with Gasteiger partial charge in [-0.3, -0.25) is 0 Å². The van der Waals surface area contributed by atoms with E-state index in [1.807, 2.05) is 36.4 Å². The topological polar surface area (TPSA) is 12.0 Å². The molecule has 1 nitrogen and oxygen atoms in total. The molecule has 0 aliphatic carbocycles. The standard InChI is InChI=1S/C15H14Cl2IN/c1-2-14(10-4-3-5-11(16)8-10)19-15-7-6-12(18)9-13(15)17/h3-9,14,19H,2H2,1H3. The molecule has 0 bridgehead atoms. The number of hydrogen-bond donors (Lipinski definition) is 1. The van der Waals surface area contributed by atoms with Gasteiger partial charge in [0.15, 0.2) is 0 Å². The summed E-state index contributed by atoms with van der Waals surface area (Å²) in [6, 6.07) is 14.1. The second kappa shape index (κ2) is 6.82. The van der Waals surface area contributed by atoms with Crippen molar-refractivity contribution >= 4 is 51.5 Å². The van der Waals surface area contributed by atoms with Crippen LogP contribution in [0.4, 0.5) is 5.69 Å². The van der Waals surface area contributed by atoms with Crippen LogP contribution in [-0.4, -0.2) is 0 Å². The van der Waals surface area contributed by atoms with Crippen molar-refractivity contribution in [2.24, 2.45) is 0 Å². The summed E-state index contributed by atoms with van der Waals surface area (Å²) in [5.74, 6) is 0. The molecule has 0 amide bonds. The predicted octanol–water partition coefficient (Wildman–Crippen LogP) is 6.16. The Kier molecular flexibility index (Phi) is 5.37. The van der Waals surface area contributed by atoms with E-state index in [2.05, 4.69) is 40.9 Å². The molecule has 100 valence electrons. The molecule has 0 saturated heterocycles. The van der Waals surface area contributed by atoms with Crippen LogP contribution in [0.2, 0.25) is 10.0 Å². The molecule has 0 aliphatic heterocycles. The SMILES string of the molecule is CCC(Nc1ccc(I)cc1Cl)c1cccc(Cl)c1. The quantitative estimate of drug-likeness (QED) is 0.600. The molecule has 0 spiro atoms. The van der Waals surface area contributed by atoms with Crippen molar-refractivity contribution in [2.45, 2.75) is 19.4 Å². The van der Waals surface area contributed by atoms with E-state index in [4.69, 9.17) is 23.2 Å². The molecule has 0 radical (unpaired) electrons. The maximum Gasteiger partial charge on any atom is 0.0648 e. The van der Waals surface area contributed by atoms with Crippen LogP contribution in [0.1, 0.15) is 24.9 Å². The van der Waals surface area contributed by atoms with E-state index < -0.39 is 0 Å². The summed E-state index contributed by atoms with van der Waals surface area (Å²) >= 11 is 14.6. The molecular formula is C15H14Cl2IN. The van der Waals surface area contributed by atoms with Gasteiger partial charge >= 0.3 is 0 Å². The molecular weight excluding hydrogens is 392 g/mol. The minimum absolute atomic E-state index is 0.205. The maximum atomic E-state index is 6.26. The highest BCUT2D eigenvalue weighted by Crippen LogP contribution is 2.30. The summed E-state index contributed by atoms with van der Waals surface area (Å²) in [4.78, 5) is 0. The smallest absolute Gasteiger partial charge is 0.0648 e. The van der Waals surface area contributed by atoms with Gasteiger partial charge in [-0.2, -0.15) is 0 Å². The Morgan fingerprint density at radius 1 is 1.16 bits per heavy atom. The van der Waals surface area contributed by atoms with Gasteiger partial charge in [0.05, 0.1) is 16.8 Å². The Morgan fingerprint density at radius 2 is 1.95 bits per heavy atom. The second-order valence-electron chi connectivity index (χ2n) is 4.28. The molecule has 1 N–H and O–H groups in total. The lowest BCUT2D eigenvalue weighted by Crippen LogP contribution is -2.10. The van der Waals surface area contributed by atoms with Crippen LogP contribution < -0.4 is 5.32 Å². The monoisotopic (exact) mass is 405 g/mol. The van der Waals surface area contributed by atoms with E-state index in [1.54, 1.807) is 0 Å². The van der Waals surface area contributed by atoms with Crippen LogP contribution >= 0.6 is 45.8 Å². The van der Waals surface area contributed by atoms with Gasteiger partial charge in [0.2, 0.25) is 0 Å². The number of anilines is 1. The van der Waals surface area contributed by atoms with Crippen molar-refractivity contribution in [1.82, 2.24) is 0 Å². The fourth-order valence-corrected chi connectivity index (χ4v) is 3.05. The molecule has 1 atom stereocenters. The van der Waals surface area contributed by atoms with Crippen LogP contribution in [0.15, 0.2) is 42.5 Å². The highest BCUT2D eigenvalue weighted by Gasteiger charge is 2.11. The number of nitrogens with one attached hydrogen (secondary N) is 1. The summed E-state index contributed by atoms with van der Waals surface area (Å²) in [6.07, 6.45) is 0.961. The highest BCUT2D eigenvalue weighted by molar-refractivity contribution is 14.1. The molecule has 4 heteroatoms. The summed E-state index contributed by atoms with van der Waals surface area (Å²) in [6.45, 7) is 2.14. The molecule has 0 fully saturated rings. The largest absolute Gasteiger partial charge is 0.377 e. The third-order valence-electron chi connectivity index (χ3n) is 2.92. The van der Waals surface area contributed by atoms with E-state index in [0.29, 0.717) is 0 Å². The van der Waals surface area contributed by atoms with Crippen LogP contribution in [-0.2, 0) is 0 Å². The predicted molar refractivity (Wildman–Crippen MR) is 92.3 cm³/mol. The van der Waals surface area contributed by atoms with Crippen molar-refractivity contribution in [1.29, 1.82) is 0 Å². The third-order valence-corrected chi connectivity index (χ3v) is 4.14. The van der Waals surface area contributed by atoms with E-state index in [-0.39, 0.29) is 6.04 Å². The van der Waals surface area contributed by atoms with E-state index in [1.165, 1.54) is 5.56 Å². The molecule has 0 saturated carbocycles. The van der Waals surface area contributed by atoms with Gasteiger partial charge in [-0.1, -0.05) is 42.3 Å². The van der Waals surface area contributed by atoms with Crippen molar-refractivity contribution in [3.05, 3.63) is 61.6 Å². The summed E-state index contributed by atoms with van der Waals surface area (Å²) in [5.41, 5.74) is 2.12. The Balaban J connectivity index is 2.24. The normalized spacial score (nSPS) is 12.2. The van der Waals surface area contributed by atoms with E-state index >= 15 is 0 Å². The lowest BCUT2D eigenvalue weighted by atomic mass is 10.0. The number of halogens is 3. The number of rotatable bonds is 4. The first-order valence-electron chi connectivity index (χ1n) is 6.07. The van der Waals surface area contributed by atoms with Crippen LogP contribution in [0.25, 0.3) is 0 Å². The Labute approximate surface area is 137 Å².